The first-order chi connectivity index (χ1) is 14.0. The summed E-state index contributed by atoms with van der Waals surface area (Å²) < 4.78 is 20.9. The number of hydrogen-bond donors (Lipinski definition) is 0. The molecule has 4 rings (SSSR count). The number of anilines is 1. The van der Waals surface area contributed by atoms with E-state index in [1.165, 1.54) is 6.07 Å². The van der Waals surface area contributed by atoms with E-state index in [9.17, 15) is 9.18 Å². The summed E-state index contributed by atoms with van der Waals surface area (Å²) in [6, 6.07) is 3.12. The van der Waals surface area contributed by atoms with Gasteiger partial charge in [0, 0.05) is 24.3 Å². The predicted octanol–water partition coefficient (Wildman–Crippen LogP) is 3.18. The van der Waals surface area contributed by atoms with Gasteiger partial charge in [-0.1, -0.05) is 11.6 Å². The summed E-state index contributed by atoms with van der Waals surface area (Å²) in [5, 5.41) is 0.481. The molecule has 1 aliphatic rings. The Labute approximate surface area is 172 Å². The van der Waals surface area contributed by atoms with Crippen LogP contribution in [-0.4, -0.2) is 45.2 Å². The van der Waals surface area contributed by atoms with Crippen LogP contribution in [0.15, 0.2) is 24.5 Å². The fraction of sp³-hybridized carbons (Fsp3) is 0.400. The van der Waals surface area contributed by atoms with Gasteiger partial charge in [0.25, 0.3) is 0 Å². The third kappa shape index (κ3) is 3.76. The Morgan fingerprint density at radius 1 is 1.38 bits per heavy atom. The van der Waals surface area contributed by atoms with Crippen LogP contribution in [0.25, 0.3) is 11.0 Å². The van der Waals surface area contributed by atoms with Crippen molar-refractivity contribution in [1.82, 2.24) is 19.5 Å². The molecular formula is C20H21ClFN5O2. The Morgan fingerprint density at radius 2 is 2.14 bits per heavy atom. The molecule has 9 heteroatoms. The van der Waals surface area contributed by atoms with Crippen LogP contribution in [0.4, 0.5) is 10.3 Å². The largest absolute Gasteiger partial charge is 0.465 e. The lowest BCUT2D eigenvalue weighted by molar-refractivity contribution is -0.143. The zero-order chi connectivity index (χ0) is 20.5. The Morgan fingerprint density at radius 3 is 2.86 bits per heavy atom. The van der Waals surface area contributed by atoms with Gasteiger partial charge in [0.2, 0.25) is 11.9 Å². The lowest BCUT2D eigenvalue weighted by Gasteiger charge is -2.31. The molecule has 0 saturated carbocycles. The van der Waals surface area contributed by atoms with Crippen molar-refractivity contribution >= 4 is 34.6 Å². The van der Waals surface area contributed by atoms with Gasteiger partial charge in [0.05, 0.1) is 35.1 Å². The molecule has 3 aromatic heterocycles. The summed E-state index contributed by atoms with van der Waals surface area (Å²) in [6.45, 7) is 2.19. The number of carbonyl (C=O) groups excluding carboxylic acids is 1. The number of rotatable bonds is 5. The number of halogens is 2. The molecular weight excluding hydrogens is 397 g/mol. The van der Waals surface area contributed by atoms with Crippen LogP contribution in [0.1, 0.15) is 24.6 Å². The van der Waals surface area contributed by atoms with Gasteiger partial charge >= 0.3 is 5.97 Å². The summed E-state index contributed by atoms with van der Waals surface area (Å²) in [7, 11) is 1.94. The number of fused-ring (bicyclic) bond motifs is 3. The Hall–Kier alpha value is -2.74. The van der Waals surface area contributed by atoms with Gasteiger partial charge in [-0.2, -0.15) is 4.39 Å². The number of nitrogens with zero attached hydrogens (tertiary/aromatic N) is 5. The quantitative estimate of drug-likeness (QED) is 0.469. The van der Waals surface area contributed by atoms with E-state index >= 15 is 0 Å². The number of pyridine rings is 1. The van der Waals surface area contributed by atoms with Crippen molar-refractivity contribution in [3.05, 3.63) is 46.8 Å². The number of esters is 1. The number of hydrogen-bond acceptors (Lipinski definition) is 6. The molecule has 0 aromatic carbocycles. The number of aromatic nitrogens is 4. The fourth-order valence-electron chi connectivity index (χ4n) is 3.95. The number of carbonyl (C=O) groups is 1. The van der Waals surface area contributed by atoms with E-state index in [2.05, 4.69) is 15.0 Å². The van der Waals surface area contributed by atoms with Crippen molar-refractivity contribution < 1.29 is 13.9 Å². The molecule has 0 spiro atoms. The van der Waals surface area contributed by atoms with Gasteiger partial charge in [-0.15, -0.1) is 0 Å². The van der Waals surface area contributed by atoms with Crippen molar-refractivity contribution in [3.63, 3.8) is 0 Å². The summed E-state index contributed by atoms with van der Waals surface area (Å²) in [5.74, 6) is -0.271. The average molecular weight is 418 g/mol. The van der Waals surface area contributed by atoms with Crippen LogP contribution in [0.2, 0.25) is 5.02 Å². The highest BCUT2D eigenvalue weighted by Crippen LogP contribution is 2.33. The maximum atomic E-state index is 13.9. The third-order valence-electron chi connectivity index (χ3n) is 5.31. The van der Waals surface area contributed by atoms with Gasteiger partial charge in [0.1, 0.15) is 6.54 Å². The smallest absolute Gasteiger partial charge is 0.325 e. The van der Waals surface area contributed by atoms with Crippen molar-refractivity contribution in [2.75, 3.05) is 18.6 Å². The van der Waals surface area contributed by atoms with Crippen molar-refractivity contribution in [2.45, 2.75) is 38.8 Å². The molecule has 0 saturated heterocycles. The van der Waals surface area contributed by atoms with Crippen LogP contribution < -0.4 is 4.90 Å². The van der Waals surface area contributed by atoms with E-state index in [0.29, 0.717) is 29.5 Å². The van der Waals surface area contributed by atoms with Gasteiger partial charge < -0.3 is 14.2 Å². The highest BCUT2D eigenvalue weighted by Gasteiger charge is 2.30. The highest BCUT2D eigenvalue weighted by atomic mass is 35.5. The van der Waals surface area contributed by atoms with Crippen molar-refractivity contribution in [3.8, 4) is 0 Å². The summed E-state index contributed by atoms with van der Waals surface area (Å²) in [4.78, 5) is 26.8. The van der Waals surface area contributed by atoms with E-state index < -0.39 is 5.95 Å². The molecule has 0 amide bonds. The molecule has 0 aliphatic heterocycles. The second kappa shape index (κ2) is 7.94. The minimum atomic E-state index is -0.537. The Bertz CT molecular complexity index is 1050. The zero-order valence-electron chi connectivity index (χ0n) is 16.2. The molecule has 0 bridgehead atoms. The van der Waals surface area contributed by atoms with Crippen LogP contribution >= 0.6 is 11.6 Å². The molecule has 1 atom stereocenters. The number of likely N-dealkylation sites (N-methyl/N-ethyl adjacent to an activating group) is 1. The lowest BCUT2D eigenvalue weighted by atomic mass is 9.91. The van der Waals surface area contributed by atoms with E-state index in [0.717, 1.165) is 29.6 Å². The molecule has 0 radical (unpaired) electrons. The average Bonchev–Trinajstić information content (AvgIpc) is 3.00. The minimum Gasteiger partial charge on any atom is -0.465 e. The summed E-state index contributed by atoms with van der Waals surface area (Å²) >= 11 is 5.89. The topological polar surface area (TPSA) is 73.1 Å². The first kappa shape index (κ1) is 19.6. The van der Waals surface area contributed by atoms with Gasteiger partial charge in [-0.25, -0.2) is 15.0 Å². The van der Waals surface area contributed by atoms with E-state index in [1.807, 2.05) is 16.5 Å². The standard InChI is InChI=1S/C20H21ClFN5O2/c1-3-29-18(28)11-27-15-5-4-13(26(2)20-23-9-12(21)10-24-20)8-14(15)19-16(27)6-7-17(22)25-19/h6-7,9-10,13H,3-5,8,11H2,1-2H3/t13-/m1/s1. The summed E-state index contributed by atoms with van der Waals surface area (Å²) in [5.41, 5.74) is 3.31. The monoisotopic (exact) mass is 417 g/mol. The minimum absolute atomic E-state index is 0.0911. The van der Waals surface area contributed by atoms with E-state index in [-0.39, 0.29) is 18.6 Å². The maximum absolute atomic E-state index is 13.9. The molecule has 0 N–H and O–H groups in total. The Kier molecular flexibility index (Phi) is 5.36. The molecule has 29 heavy (non-hydrogen) atoms. The fourth-order valence-corrected chi connectivity index (χ4v) is 4.05. The molecule has 0 fully saturated rings. The van der Waals surface area contributed by atoms with Crippen LogP contribution in [-0.2, 0) is 28.9 Å². The van der Waals surface area contributed by atoms with Gasteiger partial charge in [0.15, 0.2) is 0 Å². The van der Waals surface area contributed by atoms with E-state index in [4.69, 9.17) is 16.3 Å². The Balaban J connectivity index is 1.70. The molecule has 152 valence electrons. The SMILES string of the molecule is CCOC(=O)Cn1c2c(c3nc(F)ccc31)C[C@H](N(C)c1ncc(Cl)cn1)CC2. The molecule has 0 unspecified atom stereocenters. The number of ether oxygens (including phenoxy) is 1. The maximum Gasteiger partial charge on any atom is 0.325 e. The van der Waals surface area contributed by atoms with E-state index in [1.54, 1.807) is 25.4 Å². The molecule has 3 heterocycles. The normalized spacial score (nSPS) is 15.9. The predicted molar refractivity (Wildman–Crippen MR) is 108 cm³/mol. The zero-order valence-corrected chi connectivity index (χ0v) is 17.0. The highest BCUT2D eigenvalue weighted by molar-refractivity contribution is 6.30. The molecule has 1 aliphatic carbocycles. The van der Waals surface area contributed by atoms with Crippen molar-refractivity contribution in [1.29, 1.82) is 0 Å². The summed E-state index contributed by atoms with van der Waals surface area (Å²) in [6.07, 6.45) is 5.36. The first-order valence-corrected chi connectivity index (χ1v) is 9.88. The lowest BCUT2D eigenvalue weighted by Crippen LogP contribution is -2.37. The molecule has 3 aromatic rings. The second-order valence-electron chi connectivity index (χ2n) is 7.03. The van der Waals surface area contributed by atoms with Gasteiger partial charge in [-0.05, 0) is 38.3 Å². The van der Waals surface area contributed by atoms with Gasteiger partial charge in [-0.3, -0.25) is 4.79 Å². The van der Waals surface area contributed by atoms with Crippen molar-refractivity contribution in [2.24, 2.45) is 0 Å². The second-order valence-corrected chi connectivity index (χ2v) is 7.46. The van der Waals surface area contributed by atoms with Crippen LogP contribution in [0.3, 0.4) is 0 Å². The first-order valence-electron chi connectivity index (χ1n) is 9.50. The van der Waals surface area contributed by atoms with Crippen LogP contribution in [0.5, 0.6) is 0 Å². The van der Waals surface area contributed by atoms with Crippen LogP contribution in [0, 0.1) is 5.95 Å². The third-order valence-corrected chi connectivity index (χ3v) is 5.50. The molecule has 7 nitrogen and oxygen atoms in total.